The summed E-state index contributed by atoms with van der Waals surface area (Å²) in [6, 6.07) is 13.0. The Kier molecular flexibility index (Phi) is 7.12. The number of benzene rings is 2. The molecule has 0 spiro atoms. The van der Waals surface area contributed by atoms with Gasteiger partial charge in [0.15, 0.2) is 12.4 Å². The van der Waals surface area contributed by atoms with Crippen LogP contribution in [0.5, 0.6) is 5.75 Å². The Hall–Kier alpha value is -2.31. The van der Waals surface area contributed by atoms with Gasteiger partial charge in [-0.15, -0.1) is 0 Å². The molecule has 0 atom stereocenters. The average molecular weight is 399 g/mol. The Labute approximate surface area is 170 Å². The van der Waals surface area contributed by atoms with Crippen LogP contribution in [0.1, 0.15) is 28.4 Å². The number of amides is 1. The molecule has 3 rings (SSSR count). The first kappa shape index (κ1) is 20.4. The minimum atomic E-state index is -0.225. The topological polar surface area (TPSA) is 58.6 Å². The molecule has 1 aliphatic rings. The maximum absolute atomic E-state index is 12.2. The number of Topliss-reactive ketones (excluding diaryl/α,β-unsaturated/α-hetero) is 1. The van der Waals surface area contributed by atoms with Crippen LogP contribution in [-0.2, 0) is 11.3 Å². The first-order valence-corrected chi connectivity index (χ1v) is 10.6. The molecule has 1 heterocycles. The van der Waals surface area contributed by atoms with Gasteiger partial charge in [-0.25, -0.2) is 0 Å². The normalized spacial score (nSPS) is 14.5. The summed E-state index contributed by atoms with van der Waals surface area (Å²) in [4.78, 5) is 26.1. The summed E-state index contributed by atoms with van der Waals surface area (Å²) in [7, 11) is 0. The third-order valence-corrected chi connectivity index (χ3v) is 5.63. The van der Waals surface area contributed by atoms with Crippen LogP contribution in [0, 0.1) is 6.92 Å². The molecule has 1 N–H and O–H groups in total. The summed E-state index contributed by atoms with van der Waals surface area (Å²) in [6.07, 6.45) is 0. The number of nitrogens with one attached hydrogen (secondary N) is 1. The van der Waals surface area contributed by atoms with Gasteiger partial charge in [-0.05, 0) is 43.2 Å². The van der Waals surface area contributed by atoms with Crippen LogP contribution >= 0.6 is 11.8 Å². The third kappa shape index (κ3) is 5.84. The summed E-state index contributed by atoms with van der Waals surface area (Å²) >= 11 is 2.01. The van der Waals surface area contributed by atoms with Crippen LogP contribution in [0.3, 0.4) is 0 Å². The van der Waals surface area contributed by atoms with Crippen molar-refractivity contribution in [1.29, 1.82) is 0 Å². The molecule has 6 heteroatoms. The van der Waals surface area contributed by atoms with Crippen LogP contribution < -0.4 is 10.1 Å². The molecule has 0 unspecified atom stereocenters. The molecule has 2 aromatic rings. The molecule has 0 bridgehead atoms. The van der Waals surface area contributed by atoms with Crippen molar-refractivity contribution in [3.63, 3.8) is 0 Å². The standard InChI is InChI=1S/C22H26N2O3S/c1-16-12-18(14-24-8-10-28-11-9-24)6-7-21(16)23-22(26)15-27-20-5-3-4-19(13-20)17(2)25/h3-7,12-13H,8-11,14-15H2,1-2H3,(H,23,26). The molecule has 0 saturated carbocycles. The quantitative estimate of drug-likeness (QED) is 0.720. The van der Waals surface area contributed by atoms with Crippen molar-refractivity contribution in [3.8, 4) is 5.75 Å². The number of aryl methyl sites for hydroxylation is 1. The molecule has 0 radical (unpaired) electrons. The minimum Gasteiger partial charge on any atom is -0.484 e. The zero-order chi connectivity index (χ0) is 19.9. The molecule has 1 saturated heterocycles. The largest absolute Gasteiger partial charge is 0.484 e. The van der Waals surface area contributed by atoms with E-state index in [2.05, 4.69) is 22.3 Å². The van der Waals surface area contributed by atoms with Gasteiger partial charge >= 0.3 is 0 Å². The monoisotopic (exact) mass is 398 g/mol. The predicted molar refractivity (Wildman–Crippen MR) is 114 cm³/mol. The Morgan fingerprint density at radius 1 is 1.14 bits per heavy atom. The first-order chi connectivity index (χ1) is 13.5. The van der Waals surface area contributed by atoms with E-state index in [0.717, 1.165) is 30.9 Å². The number of rotatable bonds is 7. The molecule has 5 nitrogen and oxygen atoms in total. The van der Waals surface area contributed by atoms with E-state index in [9.17, 15) is 9.59 Å². The Bertz CT molecular complexity index is 847. The average Bonchev–Trinajstić information content (AvgIpc) is 2.69. The van der Waals surface area contributed by atoms with Gasteiger partial charge in [0, 0.05) is 42.4 Å². The molecule has 1 aliphatic heterocycles. The maximum Gasteiger partial charge on any atom is 0.262 e. The lowest BCUT2D eigenvalue weighted by molar-refractivity contribution is -0.118. The SMILES string of the molecule is CC(=O)c1cccc(OCC(=O)Nc2ccc(CN3CCSCC3)cc2C)c1. The molecule has 0 aliphatic carbocycles. The van der Waals surface area contributed by atoms with Crippen molar-refractivity contribution in [3.05, 3.63) is 59.2 Å². The number of carbonyl (C=O) groups is 2. The number of ether oxygens (including phenoxy) is 1. The van der Waals surface area contributed by atoms with Crippen LogP contribution in [-0.4, -0.2) is 47.8 Å². The number of hydrogen-bond donors (Lipinski definition) is 1. The maximum atomic E-state index is 12.2. The minimum absolute atomic E-state index is 0.0334. The highest BCUT2D eigenvalue weighted by molar-refractivity contribution is 7.99. The summed E-state index contributed by atoms with van der Waals surface area (Å²) in [5.74, 6) is 2.64. The first-order valence-electron chi connectivity index (χ1n) is 9.44. The van der Waals surface area contributed by atoms with Crippen molar-refractivity contribution in [2.75, 3.05) is 36.5 Å². The van der Waals surface area contributed by atoms with E-state index in [-0.39, 0.29) is 18.3 Å². The highest BCUT2D eigenvalue weighted by atomic mass is 32.2. The lowest BCUT2D eigenvalue weighted by Crippen LogP contribution is -2.32. The van der Waals surface area contributed by atoms with Crippen LogP contribution in [0.25, 0.3) is 0 Å². The number of thioether (sulfide) groups is 1. The van der Waals surface area contributed by atoms with Crippen LogP contribution in [0.15, 0.2) is 42.5 Å². The van der Waals surface area contributed by atoms with E-state index < -0.39 is 0 Å². The second-order valence-electron chi connectivity index (χ2n) is 6.96. The summed E-state index contributed by atoms with van der Waals surface area (Å²) < 4.78 is 5.52. The predicted octanol–water partition coefficient (Wildman–Crippen LogP) is 3.76. The molecule has 148 valence electrons. The van der Waals surface area contributed by atoms with Gasteiger partial charge < -0.3 is 10.1 Å². The van der Waals surface area contributed by atoms with Crippen molar-refractivity contribution < 1.29 is 14.3 Å². The number of anilines is 1. The lowest BCUT2D eigenvalue weighted by Gasteiger charge is -2.26. The second-order valence-corrected chi connectivity index (χ2v) is 8.18. The molecule has 0 aromatic heterocycles. The number of nitrogens with zero attached hydrogens (tertiary/aromatic N) is 1. The fraction of sp³-hybridized carbons (Fsp3) is 0.364. The van der Waals surface area contributed by atoms with Crippen LogP contribution in [0.2, 0.25) is 0 Å². The molecule has 28 heavy (non-hydrogen) atoms. The number of carbonyl (C=O) groups excluding carboxylic acids is 2. The highest BCUT2D eigenvalue weighted by Gasteiger charge is 2.12. The fourth-order valence-electron chi connectivity index (χ4n) is 3.12. The molecule has 1 fully saturated rings. The number of ketones is 1. The van der Waals surface area contributed by atoms with E-state index >= 15 is 0 Å². The molecular formula is C22H26N2O3S. The van der Waals surface area contributed by atoms with Crippen molar-refractivity contribution in [1.82, 2.24) is 4.90 Å². The zero-order valence-electron chi connectivity index (χ0n) is 16.4. The van der Waals surface area contributed by atoms with Gasteiger partial charge in [-0.2, -0.15) is 11.8 Å². The van der Waals surface area contributed by atoms with Gasteiger partial charge in [0.05, 0.1) is 0 Å². The Morgan fingerprint density at radius 3 is 2.64 bits per heavy atom. The Morgan fingerprint density at radius 2 is 1.93 bits per heavy atom. The second kappa shape index (κ2) is 9.75. The molecule has 2 aromatic carbocycles. The summed E-state index contributed by atoms with van der Waals surface area (Å²) in [5, 5.41) is 2.90. The van der Waals surface area contributed by atoms with E-state index in [4.69, 9.17) is 4.74 Å². The molecule has 1 amide bonds. The smallest absolute Gasteiger partial charge is 0.262 e. The number of hydrogen-bond acceptors (Lipinski definition) is 5. The highest BCUT2D eigenvalue weighted by Crippen LogP contribution is 2.20. The van der Waals surface area contributed by atoms with Gasteiger partial charge in [0.25, 0.3) is 5.91 Å². The summed E-state index contributed by atoms with van der Waals surface area (Å²) in [6.45, 7) is 6.61. The summed E-state index contributed by atoms with van der Waals surface area (Å²) in [5.41, 5.74) is 3.66. The van der Waals surface area contributed by atoms with Gasteiger partial charge in [0.2, 0.25) is 0 Å². The van der Waals surface area contributed by atoms with Gasteiger partial charge in [-0.3, -0.25) is 14.5 Å². The lowest BCUT2D eigenvalue weighted by atomic mass is 10.1. The van der Waals surface area contributed by atoms with E-state index in [1.165, 1.54) is 24.0 Å². The van der Waals surface area contributed by atoms with E-state index in [1.54, 1.807) is 24.3 Å². The zero-order valence-corrected chi connectivity index (χ0v) is 17.2. The molecular weight excluding hydrogens is 372 g/mol. The fourth-order valence-corrected chi connectivity index (χ4v) is 4.10. The van der Waals surface area contributed by atoms with Crippen LogP contribution in [0.4, 0.5) is 5.69 Å². The van der Waals surface area contributed by atoms with E-state index in [1.807, 2.05) is 24.8 Å². The van der Waals surface area contributed by atoms with Gasteiger partial charge in [-0.1, -0.05) is 24.3 Å². The third-order valence-electron chi connectivity index (χ3n) is 4.69. The van der Waals surface area contributed by atoms with Crippen molar-refractivity contribution >= 4 is 29.1 Å². The van der Waals surface area contributed by atoms with E-state index in [0.29, 0.717) is 11.3 Å². The van der Waals surface area contributed by atoms with Crippen molar-refractivity contribution in [2.24, 2.45) is 0 Å². The van der Waals surface area contributed by atoms with Gasteiger partial charge in [0.1, 0.15) is 5.75 Å². The Balaban J connectivity index is 1.53. The van der Waals surface area contributed by atoms with Crippen molar-refractivity contribution in [2.45, 2.75) is 20.4 Å².